The lowest BCUT2D eigenvalue weighted by Crippen LogP contribution is -2.61. The second kappa shape index (κ2) is 9.67. The number of rotatable bonds is 7. The van der Waals surface area contributed by atoms with Crippen molar-refractivity contribution in [3.05, 3.63) is 69.3 Å². The zero-order valence-corrected chi connectivity index (χ0v) is 22.0. The van der Waals surface area contributed by atoms with E-state index in [1.807, 2.05) is 13.0 Å². The molecule has 1 aromatic carbocycles. The highest BCUT2D eigenvalue weighted by Gasteiger charge is 2.68. The van der Waals surface area contributed by atoms with Crippen LogP contribution < -0.4 is 0 Å². The molecule has 10 nitrogen and oxygen atoms in total. The Balaban J connectivity index is 1.28. The lowest BCUT2D eigenvalue weighted by Gasteiger charge is -2.58. The van der Waals surface area contributed by atoms with E-state index in [4.69, 9.17) is 4.74 Å². The van der Waals surface area contributed by atoms with Crippen LogP contribution in [0.1, 0.15) is 61.9 Å². The van der Waals surface area contributed by atoms with Gasteiger partial charge in [0.1, 0.15) is 12.2 Å². The Bertz CT molecular complexity index is 1270. The van der Waals surface area contributed by atoms with Crippen LogP contribution in [-0.4, -0.2) is 51.1 Å². The van der Waals surface area contributed by atoms with Crippen molar-refractivity contribution in [2.45, 2.75) is 64.3 Å². The van der Waals surface area contributed by atoms with E-state index in [1.165, 1.54) is 24.3 Å². The molecular weight excluding hydrogens is 506 g/mol. The maximum Gasteiger partial charge on any atom is 0.338 e. The van der Waals surface area contributed by atoms with Crippen LogP contribution >= 0.6 is 0 Å². The van der Waals surface area contributed by atoms with E-state index in [0.29, 0.717) is 24.8 Å². The van der Waals surface area contributed by atoms with Crippen molar-refractivity contribution >= 4 is 17.5 Å². The topological polar surface area (TPSA) is 153 Å². The summed E-state index contributed by atoms with van der Waals surface area (Å²) in [5, 5.41) is 32.7. The lowest BCUT2D eigenvalue weighted by molar-refractivity contribution is -0.763. The Hall–Kier alpha value is -3.37. The Morgan fingerprint density at radius 2 is 1.92 bits per heavy atom. The molecule has 0 heterocycles. The standard InChI is InChI=1S/C29H33NO9/c1-27-11-9-20(31)13-19(27)7-8-21-22-10-12-29(35,28(22,2)14-23(32)25(21)27)24(33)16-38-26(34)18-5-3-17(4-6-18)15-39-30(36)37/h3-7,9,11,21-23,25,32,35H,8,10,12-16H2,1-2H3/t21?,22?,23-,25?,27-,28-,29-/m0/s1. The highest BCUT2D eigenvalue weighted by atomic mass is 16.9. The van der Waals surface area contributed by atoms with Gasteiger partial charge >= 0.3 is 5.97 Å². The van der Waals surface area contributed by atoms with Crippen molar-refractivity contribution in [1.82, 2.24) is 0 Å². The largest absolute Gasteiger partial charge is 0.454 e. The number of hydrogen-bond donors (Lipinski definition) is 2. The number of allylic oxidation sites excluding steroid dienone is 4. The molecule has 0 saturated heterocycles. The summed E-state index contributed by atoms with van der Waals surface area (Å²) in [7, 11) is 0. The molecule has 1 aromatic rings. The van der Waals surface area contributed by atoms with Crippen LogP contribution in [-0.2, 0) is 25.8 Å². The number of aliphatic hydroxyl groups excluding tert-OH is 1. The van der Waals surface area contributed by atoms with E-state index in [-0.39, 0.29) is 48.5 Å². The van der Waals surface area contributed by atoms with E-state index in [1.54, 1.807) is 6.08 Å². The number of aliphatic hydroxyl groups is 2. The average molecular weight is 540 g/mol. The van der Waals surface area contributed by atoms with Gasteiger partial charge in [0.15, 0.2) is 12.4 Å². The van der Waals surface area contributed by atoms with Gasteiger partial charge in [-0.15, -0.1) is 10.1 Å². The van der Waals surface area contributed by atoms with Gasteiger partial charge in [0.05, 0.1) is 11.7 Å². The molecule has 2 fully saturated rings. The molecule has 0 aromatic heterocycles. The monoisotopic (exact) mass is 539 g/mol. The van der Waals surface area contributed by atoms with E-state index in [9.17, 15) is 34.7 Å². The first kappa shape index (κ1) is 27.2. The summed E-state index contributed by atoms with van der Waals surface area (Å²) in [5.74, 6) is -1.40. The maximum absolute atomic E-state index is 13.4. The molecule has 2 saturated carbocycles. The molecule has 0 bridgehead atoms. The van der Waals surface area contributed by atoms with Gasteiger partial charge in [-0.25, -0.2) is 4.79 Å². The van der Waals surface area contributed by atoms with Crippen LogP contribution in [0.25, 0.3) is 0 Å². The molecular formula is C29H33NO9. The summed E-state index contributed by atoms with van der Waals surface area (Å²) in [6.45, 7) is 3.06. The molecule has 10 heteroatoms. The van der Waals surface area contributed by atoms with Crippen molar-refractivity contribution in [2.75, 3.05) is 6.61 Å². The smallest absolute Gasteiger partial charge is 0.338 e. The highest BCUT2D eigenvalue weighted by molar-refractivity contribution is 5.95. The number of fused-ring (bicyclic) bond motifs is 5. The Labute approximate surface area is 225 Å². The minimum atomic E-state index is -1.75. The van der Waals surface area contributed by atoms with E-state index in [0.717, 1.165) is 5.57 Å². The predicted octanol–water partition coefficient (Wildman–Crippen LogP) is 3.13. The second-order valence-corrected chi connectivity index (χ2v) is 11.8. The first-order valence-electron chi connectivity index (χ1n) is 13.3. The minimum Gasteiger partial charge on any atom is -0.454 e. The zero-order chi connectivity index (χ0) is 28.2. The Morgan fingerprint density at radius 3 is 2.62 bits per heavy atom. The summed E-state index contributed by atoms with van der Waals surface area (Å²) in [5.41, 5.74) is -1.41. The number of Topliss-reactive ketones (excluding diaryl/α,β-unsaturated/α-hetero) is 1. The average Bonchev–Trinajstić information content (AvgIpc) is 3.17. The third-order valence-electron chi connectivity index (χ3n) is 9.93. The summed E-state index contributed by atoms with van der Waals surface area (Å²) in [6, 6.07) is 5.81. The van der Waals surface area contributed by atoms with Crippen LogP contribution in [0.3, 0.4) is 0 Å². The van der Waals surface area contributed by atoms with Gasteiger partial charge in [0.2, 0.25) is 5.78 Å². The molecule has 208 valence electrons. The fraction of sp³-hybridized carbons (Fsp3) is 0.552. The Morgan fingerprint density at radius 1 is 1.21 bits per heavy atom. The number of carbonyl (C=O) groups excluding carboxylic acids is 3. The van der Waals surface area contributed by atoms with Gasteiger partial charge in [-0.2, -0.15) is 0 Å². The van der Waals surface area contributed by atoms with Crippen molar-refractivity contribution < 1.29 is 39.3 Å². The summed E-state index contributed by atoms with van der Waals surface area (Å²) in [6.07, 6.45) is 6.94. The number of nitrogens with zero attached hydrogens (tertiary/aromatic N) is 1. The van der Waals surface area contributed by atoms with Gasteiger partial charge in [0, 0.05) is 23.2 Å². The van der Waals surface area contributed by atoms with Crippen LogP contribution in [0.2, 0.25) is 0 Å². The molecule has 39 heavy (non-hydrogen) atoms. The molecule has 3 unspecified atom stereocenters. The third-order valence-corrected chi connectivity index (χ3v) is 9.93. The number of ether oxygens (including phenoxy) is 1. The van der Waals surface area contributed by atoms with Crippen LogP contribution in [0, 0.1) is 38.7 Å². The zero-order valence-electron chi connectivity index (χ0n) is 22.0. The summed E-state index contributed by atoms with van der Waals surface area (Å²) in [4.78, 5) is 52.7. The van der Waals surface area contributed by atoms with Crippen molar-refractivity contribution in [2.24, 2.45) is 28.6 Å². The van der Waals surface area contributed by atoms with Crippen molar-refractivity contribution in [1.29, 1.82) is 0 Å². The number of hydrogen-bond acceptors (Lipinski definition) is 9. The fourth-order valence-corrected chi connectivity index (χ4v) is 7.90. The molecule has 7 atom stereocenters. The molecule has 2 N–H and O–H groups in total. The highest BCUT2D eigenvalue weighted by Crippen LogP contribution is 2.66. The lowest BCUT2D eigenvalue weighted by atomic mass is 9.47. The SMILES string of the molecule is C[C@]12C=CC(=O)CC1=CCC1C2[C@@H](O)C[C@@]2(C)C1CC[C@]2(O)C(=O)COC(=O)c1ccc(CO[N+](=O)[O-])cc1. The van der Waals surface area contributed by atoms with Gasteiger partial charge < -0.3 is 19.8 Å². The van der Waals surface area contributed by atoms with E-state index in [2.05, 4.69) is 17.8 Å². The molecule has 0 spiro atoms. The number of esters is 1. The molecule has 5 rings (SSSR count). The van der Waals surface area contributed by atoms with Gasteiger partial charge in [0.25, 0.3) is 5.09 Å². The molecule has 4 aliphatic rings. The molecule has 0 aliphatic heterocycles. The van der Waals surface area contributed by atoms with Gasteiger partial charge in [-0.05, 0) is 61.3 Å². The normalized spacial score (nSPS) is 36.7. The van der Waals surface area contributed by atoms with E-state index >= 15 is 0 Å². The fourth-order valence-electron chi connectivity index (χ4n) is 7.90. The first-order valence-corrected chi connectivity index (χ1v) is 13.3. The van der Waals surface area contributed by atoms with Crippen LogP contribution in [0.5, 0.6) is 0 Å². The van der Waals surface area contributed by atoms with E-state index < -0.39 is 46.0 Å². The van der Waals surface area contributed by atoms with Crippen molar-refractivity contribution in [3.8, 4) is 0 Å². The van der Waals surface area contributed by atoms with Gasteiger partial charge in [-0.1, -0.05) is 43.7 Å². The number of ketones is 2. The summed E-state index contributed by atoms with van der Waals surface area (Å²) >= 11 is 0. The molecule has 4 aliphatic carbocycles. The van der Waals surface area contributed by atoms with Gasteiger partial charge in [-0.3, -0.25) is 9.59 Å². The van der Waals surface area contributed by atoms with Crippen LogP contribution in [0.4, 0.5) is 0 Å². The van der Waals surface area contributed by atoms with Crippen molar-refractivity contribution in [3.63, 3.8) is 0 Å². The quantitative estimate of drug-likeness (QED) is 0.230. The predicted molar refractivity (Wildman–Crippen MR) is 136 cm³/mol. The third kappa shape index (κ3) is 4.39. The second-order valence-electron chi connectivity index (χ2n) is 11.8. The minimum absolute atomic E-state index is 0.0230. The number of benzene rings is 1. The number of carbonyl (C=O) groups is 3. The molecule has 0 radical (unpaired) electrons. The molecule has 0 amide bonds. The first-order chi connectivity index (χ1) is 18.4. The maximum atomic E-state index is 13.4. The van der Waals surface area contributed by atoms with Crippen LogP contribution in [0.15, 0.2) is 48.1 Å². The summed E-state index contributed by atoms with van der Waals surface area (Å²) < 4.78 is 5.26. The Kier molecular flexibility index (Phi) is 6.75.